The Morgan fingerprint density at radius 2 is 1.05 bits per heavy atom. The van der Waals surface area contributed by atoms with E-state index in [2.05, 4.69) is 168 Å². The average molecular weight is 543 g/mol. The lowest BCUT2D eigenvalue weighted by atomic mass is 9.81. The molecule has 180 valence electrons. The van der Waals surface area contributed by atoms with Gasteiger partial charge in [-0.1, -0.05) is 115 Å². The van der Waals surface area contributed by atoms with Gasteiger partial charge in [-0.3, -0.25) is 0 Å². The van der Waals surface area contributed by atoms with E-state index in [0.29, 0.717) is 0 Å². The highest BCUT2D eigenvalue weighted by molar-refractivity contribution is 9.10. The summed E-state index contributed by atoms with van der Waals surface area (Å²) in [4.78, 5) is 2.34. The van der Waals surface area contributed by atoms with Crippen LogP contribution in [0, 0.1) is 0 Å². The third-order valence-electron chi connectivity index (χ3n) is 7.31. The van der Waals surface area contributed by atoms with Crippen molar-refractivity contribution in [1.29, 1.82) is 0 Å². The van der Waals surface area contributed by atoms with Crippen molar-refractivity contribution in [2.75, 3.05) is 4.90 Å². The Bertz CT molecular complexity index is 1540. The van der Waals surface area contributed by atoms with Crippen molar-refractivity contribution in [3.05, 3.63) is 148 Å². The summed E-state index contributed by atoms with van der Waals surface area (Å²) in [5.41, 5.74) is 11.2. The molecule has 6 rings (SSSR count). The molecule has 0 heterocycles. The van der Waals surface area contributed by atoms with E-state index in [9.17, 15) is 0 Å². The number of hydrogen-bond acceptors (Lipinski definition) is 1. The minimum absolute atomic E-state index is 0.0960. The molecule has 37 heavy (non-hydrogen) atoms. The molecule has 0 aliphatic heterocycles. The van der Waals surface area contributed by atoms with Crippen molar-refractivity contribution in [2.45, 2.75) is 19.3 Å². The fraction of sp³-hybridized carbons (Fsp3) is 0.0857. The Labute approximate surface area is 227 Å². The molecule has 1 aliphatic rings. The molecule has 0 N–H and O–H groups in total. The highest BCUT2D eigenvalue weighted by Crippen LogP contribution is 2.51. The number of hydrogen-bond donors (Lipinski definition) is 0. The molecule has 5 aromatic rings. The van der Waals surface area contributed by atoms with Gasteiger partial charge in [0.15, 0.2) is 0 Å². The topological polar surface area (TPSA) is 3.24 Å². The molecule has 5 aromatic carbocycles. The van der Waals surface area contributed by atoms with E-state index >= 15 is 0 Å². The molecule has 0 saturated carbocycles. The summed E-state index contributed by atoms with van der Waals surface area (Å²) in [5, 5.41) is 0. The summed E-state index contributed by atoms with van der Waals surface area (Å²) in [5.74, 6) is 0. The van der Waals surface area contributed by atoms with E-state index in [1.54, 1.807) is 0 Å². The van der Waals surface area contributed by atoms with Crippen LogP contribution in [0.4, 0.5) is 17.1 Å². The molecule has 0 amide bonds. The standard InChI is InChI=1S/C35H28BrN/c1-35(2)33-23-26(14-13-25-15-18-27(36)19-16-25)17-21-31(33)32-22-20-30(24-34(32)35)37(28-9-5-3-6-10-28)29-11-7-4-8-12-29/h3-24H,1-2H3/b14-13+. The predicted molar refractivity (Wildman–Crippen MR) is 162 cm³/mol. The van der Waals surface area contributed by atoms with Gasteiger partial charge in [-0.15, -0.1) is 0 Å². The Hall–Kier alpha value is -3.88. The smallest absolute Gasteiger partial charge is 0.0465 e. The van der Waals surface area contributed by atoms with Crippen LogP contribution in [0.25, 0.3) is 23.3 Å². The van der Waals surface area contributed by atoms with Gasteiger partial charge in [0.25, 0.3) is 0 Å². The van der Waals surface area contributed by atoms with Crippen LogP contribution >= 0.6 is 15.9 Å². The van der Waals surface area contributed by atoms with Crippen molar-refractivity contribution in [3.8, 4) is 11.1 Å². The maximum Gasteiger partial charge on any atom is 0.0465 e. The molecular formula is C35H28BrN. The Morgan fingerprint density at radius 1 is 0.541 bits per heavy atom. The molecule has 0 atom stereocenters. The number of anilines is 3. The first-order valence-electron chi connectivity index (χ1n) is 12.6. The zero-order valence-electron chi connectivity index (χ0n) is 21.0. The van der Waals surface area contributed by atoms with Crippen LogP contribution in [0.5, 0.6) is 0 Å². The lowest BCUT2D eigenvalue weighted by molar-refractivity contribution is 0.660. The maximum atomic E-state index is 3.52. The van der Waals surface area contributed by atoms with Crippen LogP contribution in [-0.4, -0.2) is 0 Å². The summed E-state index contributed by atoms with van der Waals surface area (Å²) >= 11 is 3.52. The van der Waals surface area contributed by atoms with Crippen molar-refractivity contribution >= 4 is 45.1 Å². The van der Waals surface area contributed by atoms with Crippen molar-refractivity contribution in [2.24, 2.45) is 0 Å². The summed E-state index contributed by atoms with van der Waals surface area (Å²) < 4.78 is 1.10. The molecule has 0 saturated heterocycles. The van der Waals surface area contributed by atoms with Crippen LogP contribution in [0.15, 0.2) is 126 Å². The predicted octanol–water partition coefficient (Wildman–Crippen LogP) is 10.4. The first-order valence-corrected chi connectivity index (χ1v) is 13.4. The quantitative estimate of drug-likeness (QED) is 0.200. The second kappa shape index (κ2) is 9.53. The van der Waals surface area contributed by atoms with Gasteiger partial charge in [-0.25, -0.2) is 0 Å². The number of para-hydroxylation sites is 2. The van der Waals surface area contributed by atoms with Crippen LogP contribution in [0.1, 0.15) is 36.1 Å². The average Bonchev–Trinajstić information content (AvgIpc) is 3.15. The molecule has 2 heteroatoms. The monoisotopic (exact) mass is 541 g/mol. The molecule has 1 aliphatic carbocycles. The van der Waals surface area contributed by atoms with Crippen molar-refractivity contribution in [3.63, 3.8) is 0 Å². The SMILES string of the molecule is CC1(C)c2cc(/C=C/c3ccc(Br)cc3)ccc2-c2ccc(N(c3ccccc3)c3ccccc3)cc21. The first kappa shape index (κ1) is 23.5. The summed E-state index contributed by atoms with van der Waals surface area (Å²) in [6.45, 7) is 4.69. The number of halogens is 1. The van der Waals surface area contributed by atoms with Gasteiger partial charge in [0.1, 0.15) is 0 Å². The molecule has 0 fully saturated rings. The fourth-order valence-corrected chi connectivity index (χ4v) is 5.62. The Morgan fingerprint density at radius 3 is 1.68 bits per heavy atom. The zero-order valence-corrected chi connectivity index (χ0v) is 22.6. The summed E-state index contributed by atoms with van der Waals surface area (Å²) in [7, 11) is 0. The highest BCUT2D eigenvalue weighted by atomic mass is 79.9. The van der Waals surface area contributed by atoms with Crippen LogP contribution in [-0.2, 0) is 5.41 Å². The van der Waals surface area contributed by atoms with Gasteiger partial charge in [-0.2, -0.15) is 0 Å². The molecule has 0 unspecified atom stereocenters. The number of fused-ring (bicyclic) bond motifs is 3. The van der Waals surface area contributed by atoms with E-state index in [4.69, 9.17) is 0 Å². The van der Waals surface area contributed by atoms with Gasteiger partial charge >= 0.3 is 0 Å². The third kappa shape index (κ3) is 4.43. The molecular weight excluding hydrogens is 514 g/mol. The van der Waals surface area contributed by atoms with Crippen LogP contribution < -0.4 is 4.90 Å². The van der Waals surface area contributed by atoms with Gasteiger partial charge in [0.2, 0.25) is 0 Å². The van der Waals surface area contributed by atoms with Crippen LogP contribution in [0.3, 0.4) is 0 Å². The maximum absolute atomic E-state index is 3.52. The number of rotatable bonds is 5. The van der Waals surface area contributed by atoms with E-state index < -0.39 is 0 Å². The van der Waals surface area contributed by atoms with Gasteiger partial charge in [-0.05, 0) is 81.9 Å². The molecule has 1 nitrogen and oxygen atoms in total. The van der Waals surface area contributed by atoms with Crippen molar-refractivity contribution < 1.29 is 0 Å². The second-order valence-electron chi connectivity index (χ2n) is 10.1. The van der Waals surface area contributed by atoms with Gasteiger partial charge in [0.05, 0.1) is 0 Å². The number of nitrogens with zero attached hydrogens (tertiary/aromatic N) is 1. The summed E-state index contributed by atoms with van der Waals surface area (Å²) in [6.07, 6.45) is 4.39. The van der Waals surface area contributed by atoms with Gasteiger partial charge < -0.3 is 4.90 Å². The third-order valence-corrected chi connectivity index (χ3v) is 7.84. The lowest BCUT2D eigenvalue weighted by Crippen LogP contribution is -2.16. The van der Waals surface area contributed by atoms with E-state index in [0.717, 1.165) is 15.8 Å². The van der Waals surface area contributed by atoms with E-state index in [-0.39, 0.29) is 5.41 Å². The van der Waals surface area contributed by atoms with Crippen molar-refractivity contribution in [1.82, 2.24) is 0 Å². The minimum Gasteiger partial charge on any atom is -0.310 e. The second-order valence-corrected chi connectivity index (χ2v) is 11.0. The van der Waals surface area contributed by atoms with Gasteiger partial charge in [0, 0.05) is 26.9 Å². The van der Waals surface area contributed by atoms with E-state index in [1.165, 1.54) is 39.1 Å². The molecule has 0 bridgehead atoms. The summed E-state index contributed by atoms with van der Waals surface area (Å²) in [6, 6.07) is 43.4. The van der Waals surface area contributed by atoms with E-state index in [1.807, 2.05) is 0 Å². The lowest BCUT2D eigenvalue weighted by Gasteiger charge is -2.28. The Kier molecular flexibility index (Phi) is 6.06. The normalized spacial score (nSPS) is 13.4. The number of benzene rings is 5. The fourth-order valence-electron chi connectivity index (χ4n) is 5.35. The molecule has 0 aromatic heterocycles. The first-order chi connectivity index (χ1) is 18.0. The zero-order chi connectivity index (χ0) is 25.4. The largest absolute Gasteiger partial charge is 0.310 e. The minimum atomic E-state index is -0.0960. The molecule has 0 radical (unpaired) electrons. The Balaban J connectivity index is 1.39. The highest BCUT2D eigenvalue weighted by Gasteiger charge is 2.36. The van der Waals surface area contributed by atoms with Crippen LogP contribution in [0.2, 0.25) is 0 Å². The molecule has 0 spiro atoms.